The molecule has 2 amide bonds. The summed E-state index contributed by atoms with van der Waals surface area (Å²) in [4.78, 5) is 12.6. The van der Waals surface area contributed by atoms with Crippen LogP contribution < -0.4 is 24.8 Å². The van der Waals surface area contributed by atoms with Gasteiger partial charge in [-0.1, -0.05) is 18.2 Å². The molecular formula is C22H28N2O5. The van der Waals surface area contributed by atoms with Gasteiger partial charge >= 0.3 is 6.03 Å². The van der Waals surface area contributed by atoms with Gasteiger partial charge in [-0.2, -0.15) is 0 Å². The minimum absolute atomic E-state index is 0.180. The average molecular weight is 400 g/mol. The van der Waals surface area contributed by atoms with Crippen molar-refractivity contribution in [3.63, 3.8) is 0 Å². The van der Waals surface area contributed by atoms with Gasteiger partial charge in [0.05, 0.1) is 27.0 Å². The third kappa shape index (κ3) is 4.74. The van der Waals surface area contributed by atoms with Crippen LogP contribution in [0.3, 0.4) is 0 Å². The fraction of sp³-hybridized carbons (Fsp3) is 0.409. The van der Waals surface area contributed by atoms with Gasteiger partial charge in [0.2, 0.25) is 0 Å². The molecule has 7 heteroatoms. The van der Waals surface area contributed by atoms with Crippen molar-refractivity contribution < 1.29 is 23.7 Å². The van der Waals surface area contributed by atoms with Gasteiger partial charge in [0.15, 0.2) is 11.5 Å². The first kappa shape index (κ1) is 20.8. The number of hydrogen-bond acceptors (Lipinski definition) is 5. The van der Waals surface area contributed by atoms with Crippen molar-refractivity contribution in [2.75, 3.05) is 46.4 Å². The Balaban J connectivity index is 1.72. The first-order valence-electron chi connectivity index (χ1n) is 9.60. The van der Waals surface area contributed by atoms with E-state index in [1.165, 1.54) is 5.56 Å². The molecule has 1 aliphatic heterocycles. The third-order valence-corrected chi connectivity index (χ3v) is 5.39. The van der Waals surface area contributed by atoms with E-state index in [1.807, 2.05) is 12.1 Å². The lowest BCUT2D eigenvalue weighted by Crippen LogP contribution is -2.45. The van der Waals surface area contributed by atoms with Crippen molar-refractivity contribution in [3.05, 3.63) is 48.0 Å². The molecule has 0 saturated carbocycles. The predicted molar refractivity (Wildman–Crippen MR) is 111 cm³/mol. The lowest BCUT2D eigenvalue weighted by molar-refractivity contribution is 0.0508. The first-order chi connectivity index (χ1) is 14.1. The first-order valence-corrected chi connectivity index (χ1v) is 9.60. The number of methoxy groups -OCH3 is 3. The number of ether oxygens (including phenoxy) is 4. The second-order valence-electron chi connectivity index (χ2n) is 6.97. The lowest BCUT2D eigenvalue weighted by Gasteiger charge is -2.38. The molecule has 0 aromatic heterocycles. The lowest BCUT2D eigenvalue weighted by atomic mass is 9.74. The molecule has 7 nitrogen and oxygen atoms in total. The zero-order valence-corrected chi connectivity index (χ0v) is 17.1. The Morgan fingerprint density at radius 2 is 1.72 bits per heavy atom. The Morgan fingerprint density at radius 3 is 2.34 bits per heavy atom. The fourth-order valence-electron chi connectivity index (χ4n) is 3.68. The number of benzene rings is 2. The minimum atomic E-state index is -0.295. The Labute approximate surface area is 171 Å². The summed E-state index contributed by atoms with van der Waals surface area (Å²) < 4.78 is 21.5. The average Bonchev–Trinajstić information content (AvgIpc) is 2.78. The Kier molecular flexibility index (Phi) is 6.82. The third-order valence-electron chi connectivity index (χ3n) is 5.39. The fourth-order valence-corrected chi connectivity index (χ4v) is 3.68. The number of nitrogens with one attached hydrogen (secondary N) is 2. The van der Waals surface area contributed by atoms with E-state index in [-0.39, 0.29) is 11.4 Å². The van der Waals surface area contributed by atoms with E-state index in [9.17, 15) is 4.79 Å². The topological polar surface area (TPSA) is 78.1 Å². The van der Waals surface area contributed by atoms with Crippen LogP contribution in [0.1, 0.15) is 18.4 Å². The molecule has 0 bridgehead atoms. The smallest absolute Gasteiger partial charge is 0.319 e. The molecule has 0 unspecified atom stereocenters. The van der Waals surface area contributed by atoms with E-state index in [0.29, 0.717) is 36.9 Å². The Bertz CT molecular complexity index is 816. The molecule has 1 aliphatic rings. The van der Waals surface area contributed by atoms with E-state index < -0.39 is 0 Å². The van der Waals surface area contributed by atoms with E-state index in [4.69, 9.17) is 18.9 Å². The van der Waals surface area contributed by atoms with Crippen LogP contribution in [0.4, 0.5) is 10.5 Å². The molecular weight excluding hydrogens is 372 g/mol. The molecule has 0 aliphatic carbocycles. The Morgan fingerprint density at radius 1 is 1.00 bits per heavy atom. The monoisotopic (exact) mass is 400 g/mol. The second-order valence-corrected chi connectivity index (χ2v) is 6.97. The van der Waals surface area contributed by atoms with Crippen molar-refractivity contribution in [1.82, 2.24) is 5.32 Å². The summed E-state index contributed by atoms with van der Waals surface area (Å²) in [6.45, 7) is 1.83. The van der Waals surface area contributed by atoms with Crippen LogP contribution >= 0.6 is 0 Å². The maximum Gasteiger partial charge on any atom is 0.319 e. The highest BCUT2D eigenvalue weighted by Crippen LogP contribution is 2.36. The molecule has 1 fully saturated rings. The van der Waals surface area contributed by atoms with Crippen molar-refractivity contribution in [2.24, 2.45) is 0 Å². The number of rotatable bonds is 7. The van der Waals surface area contributed by atoms with Crippen LogP contribution in [-0.4, -0.2) is 47.1 Å². The molecule has 0 atom stereocenters. The highest BCUT2D eigenvalue weighted by Gasteiger charge is 2.35. The number of amides is 2. The summed E-state index contributed by atoms with van der Waals surface area (Å²) in [7, 11) is 4.76. The van der Waals surface area contributed by atoms with Crippen LogP contribution in [0, 0.1) is 0 Å². The van der Waals surface area contributed by atoms with Crippen LogP contribution in [0.25, 0.3) is 0 Å². The SMILES string of the molecule is COc1ccc(C2(CNC(=O)Nc3cccc(OC)c3OC)CCOCC2)cc1. The van der Waals surface area contributed by atoms with E-state index >= 15 is 0 Å². The number of hydrogen-bond donors (Lipinski definition) is 2. The van der Waals surface area contributed by atoms with Crippen LogP contribution in [0.15, 0.2) is 42.5 Å². The highest BCUT2D eigenvalue weighted by atomic mass is 16.5. The van der Waals surface area contributed by atoms with Gasteiger partial charge < -0.3 is 29.6 Å². The van der Waals surface area contributed by atoms with Crippen molar-refractivity contribution in [3.8, 4) is 17.2 Å². The van der Waals surface area contributed by atoms with Crippen molar-refractivity contribution in [2.45, 2.75) is 18.3 Å². The minimum Gasteiger partial charge on any atom is -0.497 e. The Hall–Kier alpha value is -2.93. The normalized spacial score (nSPS) is 15.3. The van der Waals surface area contributed by atoms with Gasteiger partial charge in [-0.25, -0.2) is 4.79 Å². The van der Waals surface area contributed by atoms with Gasteiger partial charge in [0.25, 0.3) is 0 Å². The van der Waals surface area contributed by atoms with Gasteiger partial charge in [0.1, 0.15) is 5.75 Å². The summed E-state index contributed by atoms with van der Waals surface area (Å²) >= 11 is 0. The van der Waals surface area contributed by atoms with Crippen LogP contribution in [0.5, 0.6) is 17.2 Å². The molecule has 1 heterocycles. The molecule has 3 rings (SSSR count). The van der Waals surface area contributed by atoms with Crippen LogP contribution in [0.2, 0.25) is 0 Å². The molecule has 2 aromatic carbocycles. The summed E-state index contributed by atoms with van der Waals surface area (Å²) in [5, 5.41) is 5.88. The summed E-state index contributed by atoms with van der Waals surface area (Å²) in [6, 6.07) is 13.1. The zero-order chi connectivity index (χ0) is 20.7. The van der Waals surface area contributed by atoms with Crippen LogP contribution in [-0.2, 0) is 10.2 Å². The molecule has 29 heavy (non-hydrogen) atoms. The predicted octanol–water partition coefficient (Wildman–Crippen LogP) is 3.58. The number of para-hydroxylation sites is 1. The second kappa shape index (κ2) is 9.52. The summed E-state index contributed by atoms with van der Waals surface area (Å²) in [6.07, 6.45) is 1.67. The molecule has 2 aromatic rings. The highest BCUT2D eigenvalue weighted by molar-refractivity contribution is 5.91. The molecule has 0 spiro atoms. The quantitative estimate of drug-likeness (QED) is 0.743. The van der Waals surface area contributed by atoms with Gasteiger partial charge in [-0.3, -0.25) is 0 Å². The largest absolute Gasteiger partial charge is 0.497 e. The van der Waals surface area contributed by atoms with Gasteiger partial charge in [-0.05, 0) is 42.7 Å². The van der Waals surface area contributed by atoms with E-state index in [2.05, 4.69) is 22.8 Å². The van der Waals surface area contributed by atoms with E-state index in [0.717, 1.165) is 18.6 Å². The van der Waals surface area contributed by atoms with Crippen molar-refractivity contribution in [1.29, 1.82) is 0 Å². The maximum absolute atomic E-state index is 12.6. The number of urea groups is 1. The van der Waals surface area contributed by atoms with Gasteiger partial charge in [-0.15, -0.1) is 0 Å². The number of carbonyl (C=O) groups is 1. The number of carbonyl (C=O) groups excluding carboxylic acids is 1. The molecule has 2 N–H and O–H groups in total. The van der Waals surface area contributed by atoms with Crippen molar-refractivity contribution >= 4 is 11.7 Å². The standard InChI is InChI=1S/C22H28N2O5/c1-26-17-9-7-16(8-10-17)22(11-13-29-14-12-22)15-23-21(25)24-18-5-4-6-19(27-2)20(18)28-3/h4-10H,11-15H2,1-3H3,(H2,23,24,25). The summed E-state index contributed by atoms with van der Waals surface area (Å²) in [5.41, 5.74) is 1.54. The zero-order valence-electron chi connectivity index (χ0n) is 17.1. The van der Waals surface area contributed by atoms with Gasteiger partial charge in [0, 0.05) is 25.2 Å². The maximum atomic E-state index is 12.6. The number of anilines is 1. The summed E-state index contributed by atoms with van der Waals surface area (Å²) in [5.74, 6) is 1.86. The van der Waals surface area contributed by atoms with E-state index in [1.54, 1.807) is 39.5 Å². The molecule has 1 saturated heterocycles. The molecule has 0 radical (unpaired) electrons. The molecule has 156 valence electrons.